The molecule has 5 nitrogen and oxygen atoms in total. The number of benzene rings is 2. The lowest BCUT2D eigenvalue weighted by Crippen LogP contribution is -2.25. The molecule has 25 heavy (non-hydrogen) atoms. The fourth-order valence-corrected chi connectivity index (χ4v) is 3.70. The Kier molecular flexibility index (Phi) is 6.20. The van der Waals surface area contributed by atoms with Gasteiger partial charge in [-0.1, -0.05) is 36.4 Å². The Morgan fingerprint density at radius 1 is 1.12 bits per heavy atom. The summed E-state index contributed by atoms with van der Waals surface area (Å²) in [6.45, 7) is 3.36. The van der Waals surface area contributed by atoms with E-state index < -0.39 is 9.84 Å². The molecule has 0 aliphatic heterocycles. The van der Waals surface area contributed by atoms with Crippen LogP contribution in [0.25, 0.3) is 11.1 Å². The lowest BCUT2D eigenvalue weighted by atomic mass is 10.0. The highest BCUT2D eigenvalue weighted by atomic mass is 32.2. The number of primary amides is 1. The number of hydrogen-bond acceptors (Lipinski definition) is 4. The van der Waals surface area contributed by atoms with Gasteiger partial charge in [-0.2, -0.15) is 0 Å². The van der Waals surface area contributed by atoms with Gasteiger partial charge in [0.15, 0.2) is 9.84 Å². The van der Waals surface area contributed by atoms with Crippen LogP contribution in [0, 0.1) is 0 Å². The molecule has 0 bridgehead atoms. The van der Waals surface area contributed by atoms with Crippen molar-refractivity contribution in [1.82, 2.24) is 0 Å². The average molecular weight is 360 g/mol. The number of hydrogen-bond donors (Lipinski definition) is 1. The third-order valence-electron chi connectivity index (χ3n) is 4.05. The Morgan fingerprint density at radius 2 is 1.80 bits per heavy atom. The number of carbonyl (C=O) groups is 1. The summed E-state index contributed by atoms with van der Waals surface area (Å²) in [5, 5.41) is 0. The van der Waals surface area contributed by atoms with Crippen molar-refractivity contribution in [3.8, 4) is 11.1 Å². The summed E-state index contributed by atoms with van der Waals surface area (Å²) >= 11 is 0. The smallest absolute Gasteiger partial charge is 0.217 e. The maximum Gasteiger partial charge on any atom is 0.217 e. The van der Waals surface area contributed by atoms with Crippen LogP contribution in [0.1, 0.15) is 19.8 Å². The molecule has 0 unspecified atom stereocenters. The van der Waals surface area contributed by atoms with Gasteiger partial charge in [0.1, 0.15) is 0 Å². The summed E-state index contributed by atoms with van der Waals surface area (Å²) in [7, 11) is -3.38. The Balaban J connectivity index is 2.40. The monoisotopic (exact) mass is 360 g/mol. The van der Waals surface area contributed by atoms with E-state index in [1.165, 1.54) is 6.26 Å². The number of amides is 1. The van der Waals surface area contributed by atoms with Gasteiger partial charge in [0.2, 0.25) is 5.91 Å². The SMILES string of the molecule is CCN(CCCC(N)=O)c1ccc(-c2ccccc2)c(S(C)(=O)=O)c1. The maximum atomic E-state index is 12.3. The predicted octanol–water partition coefficient (Wildman–Crippen LogP) is 2.85. The molecule has 2 rings (SSSR count). The van der Waals surface area contributed by atoms with Gasteiger partial charge in [0, 0.05) is 37.0 Å². The van der Waals surface area contributed by atoms with E-state index >= 15 is 0 Å². The Hall–Kier alpha value is -2.34. The van der Waals surface area contributed by atoms with Gasteiger partial charge in [-0.15, -0.1) is 0 Å². The fourth-order valence-electron chi connectivity index (χ4n) is 2.78. The van der Waals surface area contributed by atoms with Crippen LogP contribution in [0.15, 0.2) is 53.4 Å². The van der Waals surface area contributed by atoms with E-state index in [0.717, 1.165) is 11.3 Å². The summed E-state index contributed by atoms with van der Waals surface area (Å²) in [5.74, 6) is -0.327. The third kappa shape index (κ3) is 5.06. The summed E-state index contributed by atoms with van der Waals surface area (Å²) in [6, 6.07) is 14.9. The van der Waals surface area contributed by atoms with Crippen molar-refractivity contribution in [1.29, 1.82) is 0 Å². The van der Waals surface area contributed by atoms with Crippen LogP contribution < -0.4 is 10.6 Å². The van der Waals surface area contributed by atoms with Crippen LogP contribution in [-0.2, 0) is 14.6 Å². The van der Waals surface area contributed by atoms with Crippen LogP contribution in [0.5, 0.6) is 0 Å². The molecule has 2 aromatic rings. The van der Waals surface area contributed by atoms with Crippen LogP contribution in [0.3, 0.4) is 0 Å². The van der Waals surface area contributed by atoms with Crippen molar-refractivity contribution in [2.75, 3.05) is 24.2 Å². The summed E-state index contributed by atoms with van der Waals surface area (Å²) in [4.78, 5) is 13.3. The van der Waals surface area contributed by atoms with Crippen LogP contribution in [-0.4, -0.2) is 33.7 Å². The van der Waals surface area contributed by atoms with Gasteiger partial charge in [-0.3, -0.25) is 4.79 Å². The van der Waals surface area contributed by atoms with E-state index in [2.05, 4.69) is 0 Å². The molecule has 0 heterocycles. The minimum atomic E-state index is -3.38. The molecule has 0 saturated carbocycles. The third-order valence-corrected chi connectivity index (χ3v) is 5.18. The molecule has 1 amide bonds. The first-order chi connectivity index (χ1) is 11.8. The van der Waals surface area contributed by atoms with E-state index in [9.17, 15) is 13.2 Å². The van der Waals surface area contributed by atoms with Gasteiger partial charge in [-0.05, 0) is 31.0 Å². The van der Waals surface area contributed by atoms with Gasteiger partial charge in [0.05, 0.1) is 4.90 Å². The van der Waals surface area contributed by atoms with E-state index in [1.807, 2.05) is 54.3 Å². The molecule has 0 aromatic heterocycles. The number of rotatable bonds is 8. The van der Waals surface area contributed by atoms with E-state index in [-0.39, 0.29) is 5.91 Å². The molecule has 0 aliphatic rings. The summed E-state index contributed by atoms with van der Waals surface area (Å²) < 4.78 is 24.6. The van der Waals surface area contributed by atoms with Crippen molar-refractivity contribution < 1.29 is 13.2 Å². The number of sulfone groups is 1. The van der Waals surface area contributed by atoms with Gasteiger partial charge < -0.3 is 10.6 Å². The first-order valence-electron chi connectivity index (χ1n) is 8.25. The molecule has 0 saturated heterocycles. The second kappa shape index (κ2) is 8.16. The van der Waals surface area contributed by atoms with Gasteiger partial charge in [-0.25, -0.2) is 8.42 Å². The van der Waals surface area contributed by atoms with Crippen molar-refractivity contribution in [2.45, 2.75) is 24.7 Å². The topological polar surface area (TPSA) is 80.5 Å². The minimum absolute atomic E-state index is 0.310. The molecule has 0 radical (unpaired) electrons. The van der Waals surface area contributed by atoms with Crippen molar-refractivity contribution in [2.24, 2.45) is 5.73 Å². The van der Waals surface area contributed by atoms with Crippen molar-refractivity contribution >= 4 is 21.4 Å². The highest BCUT2D eigenvalue weighted by Gasteiger charge is 2.17. The molecule has 2 aromatic carbocycles. The molecule has 2 N–H and O–H groups in total. The first-order valence-corrected chi connectivity index (χ1v) is 10.1. The maximum absolute atomic E-state index is 12.3. The molecule has 0 atom stereocenters. The Bertz CT molecular complexity index is 833. The first kappa shape index (κ1) is 19.0. The minimum Gasteiger partial charge on any atom is -0.372 e. The molecule has 134 valence electrons. The number of nitrogens with zero attached hydrogens (tertiary/aromatic N) is 1. The second-order valence-electron chi connectivity index (χ2n) is 5.97. The van der Waals surface area contributed by atoms with Crippen LogP contribution >= 0.6 is 0 Å². The molecule has 6 heteroatoms. The largest absolute Gasteiger partial charge is 0.372 e. The highest BCUT2D eigenvalue weighted by Crippen LogP contribution is 2.31. The van der Waals surface area contributed by atoms with Crippen molar-refractivity contribution in [3.05, 3.63) is 48.5 Å². The number of carbonyl (C=O) groups excluding carboxylic acids is 1. The number of nitrogens with two attached hydrogens (primary N) is 1. The zero-order valence-electron chi connectivity index (χ0n) is 14.6. The van der Waals surface area contributed by atoms with E-state index in [0.29, 0.717) is 36.4 Å². The van der Waals surface area contributed by atoms with E-state index in [4.69, 9.17) is 5.73 Å². The normalized spacial score (nSPS) is 11.3. The molecule has 0 fully saturated rings. The van der Waals surface area contributed by atoms with Crippen molar-refractivity contribution in [3.63, 3.8) is 0 Å². The molecule has 0 spiro atoms. The Morgan fingerprint density at radius 3 is 2.36 bits per heavy atom. The zero-order valence-corrected chi connectivity index (χ0v) is 15.4. The average Bonchev–Trinajstić information content (AvgIpc) is 2.58. The molecular formula is C19H24N2O3S. The fraction of sp³-hybridized carbons (Fsp3) is 0.316. The zero-order chi connectivity index (χ0) is 18.4. The Labute approximate surface area is 149 Å². The predicted molar refractivity (Wildman–Crippen MR) is 101 cm³/mol. The molecular weight excluding hydrogens is 336 g/mol. The van der Waals surface area contributed by atoms with E-state index in [1.54, 1.807) is 6.07 Å². The summed E-state index contributed by atoms with van der Waals surface area (Å²) in [5.41, 5.74) is 7.57. The lowest BCUT2D eigenvalue weighted by Gasteiger charge is -2.24. The number of anilines is 1. The lowest BCUT2D eigenvalue weighted by molar-refractivity contribution is -0.118. The highest BCUT2D eigenvalue weighted by molar-refractivity contribution is 7.90. The summed E-state index contributed by atoms with van der Waals surface area (Å²) in [6.07, 6.45) is 2.18. The quantitative estimate of drug-likeness (QED) is 0.785. The second-order valence-corrected chi connectivity index (χ2v) is 7.95. The van der Waals surface area contributed by atoms with Gasteiger partial charge in [0.25, 0.3) is 0 Å². The standard InChI is InChI=1S/C19H24N2O3S/c1-3-21(13-7-10-19(20)22)16-11-12-17(15-8-5-4-6-9-15)18(14-16)25(2,23)24/h4-6,8-9,11-12,14H,3,7,10,13H2,1-2H3,(H2,20,22). The molecule has 0 aliphatic carbocycles. The van der Waals surface area contributed by atoms with Gasteiger partial charge >= 0.3 is 0 Å². The van der Waals surface area contributed by atoms with Crippen LogP contribution in [0.2, 0.25) is 0 Å². The van der Waals surface area contributed by atoms with Crippen LogP contribution in [0.4, 0.5) is 5.69 Å².